The highest BCUT2D eigenvalue weighted by atomic mass is 35.5. The summed E-state index contributed by atoms with van der Waals surface area (Å²) >= 11 is 5.31. The topological polar surface area (TPSA) is 131 Å². The van der Waals surface area contributed by atoms with Crippen molar-refractivity contribution >= 4 is 29.6 Å². The summed E-state index contributed by atoms with van der Waals surface area (Å²) in [6.45, 7) is 11.3. The number of methoxy groups -OCH3 is 1. The van der Waals surface area contributed by atoms with Gasteiger partial charge in [0.05, 0.1) is 13.4 Å². The number of rotatable bonds is 3. The third-order valence-electron chi connectivity index (χ3n) is 4.43. The molecule has 0 radical (unpaired) electrons. The van der Waals surface area contributed by atoms with E-state index in [9.17, 15) is 19.2 Å². The van der Waals surface area contributed by atoms with Crippen LogP contribution >= 0.6 is 11.6 Å². The Hall–Kier alpha value is -2.62. The SMILES string of the molecule is COC(=O)C1CCCN1C(=O)[C@@H](NC(=O)OC(C)(C)C)C(C)(C)C.O=c1cc(Cl)nc[nH]1. The molecular formula is C21H33ClN4O6. The molecule has 2 atom stereocenters. The summed E-state index contributed by atoms with van der Waals surface area (Å²) < 4.78 is 10.0. The average Bonchev–Trinajstić information content (AvgIpc) is 3.13. The smallest absolute Gasteiger partial charge is 0.408 e. The second-order valence-electron chi connectivity index (χ2n) is 9.39. The van der Waals surface area contributed by atoms with Crippen molar-refractivity contribution in [1.29, 1.82) is 0 Å². The number of H-pyrrole nitrogens is 1. The number of halogens is 1. The molecule has 0 aromatic carbocycles. The molecule has 1 fully saturated rings. The van der Waals surface area contributed by atoms with Crippen LogP contribution in [0.3, 0.4) is 0 Å². The molecule has 1 aromatic heterocycles. The van der Waals surface area contributed by atoms with Crippen LogP contribution in [0.25, 0.3) is 0 Å². The molecule has 0 spiro atoms. The van der Waals surface area contributed by atoms with Gasteiger partial charge in [-0.2, -0.15) is 0 Å². The van der Waals surface area contributed by atoms with Crippen molar-refractivity contribution in [3.05, 3.63) is 27.9 Å². The van der Waals surface area contributed by atoms with Gasteiger partial charge in [0, 0.05) is 12.6 Å². The number of carbonyl (C=O) groups excluding carboxylic acids is 3. The lowest BCUT2D eigenvalue weighted by atomic mass is 9.85. The molecule has 32 heavy (non-hydrogen) atoms. The molecular weight excluding hydrogens is 440 g/mol. The molecule has 2 heterocycles. The number of likely N-dealkylation sites (tertiary alicyclic amines) is 1. The van der Waals surface area contributed by atoms with E-state index >= 15 is 0 Å². The minimum absolute atomic E-state index is 0.216. The van der Waals surface area contributed by atoms with Gasteiger partial charge in [-0.25, -0.2) is 14.6 Å². The van der Waals surface area contributed by atoms with Crippen LogP contribution in [0.15, 0.2) is 17.2 Å². The number of hydrogen-bond donors (Lipinski definition) is 2. The van der Waals surface area contributed by atoms with Crippen LogP contribution in [0.1, 0.15) is 54.4 Å². The molecule has 0 bridgehead atoms. The molecule has 1 aliphatic rings. The molecule has 1 unspecified atom stereocenters. The van der Waals surface area contributed by atoms with Crippen LogP contribution in [0.2, 0.25) is 5.15 Å². The molecule has 180 valence electrons. The van der Waals surface area contributed by atoms with Crippen LogP contribution in [0, 0.1) is 5.41 Å². The van der Waals surface area contributed by atoms with Gasteiger partial charge < -0.3 is 24.7 Å². The number of hydrogen-bond acceptors (Lipinski definition) is 7. The van der Waals surface area contributed by atoms with Crippen molar-refractivity contribution in [2.24, 2.45) is 5.41 Å². The van der Waals surface area contributed by atoms with Crippen LogP contribution in [0.5, 0.6) is 0 Å². The molecule has 1 aliphatic heterocycles. The first-order chi connectivity index (χ1) is 14.7. The number of nitrogens with zero attached hydrogens (tertiary/aromatic N) is 2. The first-order valence-corrected chi connectivity index (χ1v) is 10.6. The lowest BCUT2D eigenvalue weighted by Gasteiger charge is -2.35. The largest absolute Gasteiger partial charge is 0.467 e. The van der Waals surface area contributed by atoms with E-state index in [1.165, 1.54) is 24.4 Å². The van der Waals surface area contributed by atoms with Gasteiger partial charge in [0.2, 0.25) is 5.91 Å². The van der Waals surface area contributed by atoms with Crippen molar-refractivity contribution in [3.8, 4) is 0 Å². The predicted octanol–water partition coefficient (Wildman–Crippen LogP) is 2.51. The van der Waals surface area contributed by atoms with E-state index < -0.39 is 35.2 Å². The number of carbonyl (C=O) groups is 3. The summed E-state index contributed by atoms with van der Waals surface area (Å²) in [6, 6.07) is -0.174. The van der Waals surface area contributed by atoms with Crippen molar-refractivity contribution in [2.75, 3.05) is 13.7 Å². The quantitative estimate of drug-likeness (QED) is 0.510. The highest BCUT2D eigenvalue weighted by molar-refractivity contribution is 6.29. The fourth-order valence-corrected chi connectivity index (χ4v) is 3.14. The second-order valence-corrected chi connectivity index (χ2v) is 9.78. The summed E-state index contributed by atoms with van der Waals surface area (Å²) in [5, 5.41) is 2.88. The number of aromatic nitrogens is 2. The van der Waals surface area contributed by atoms with Gasteiger partial charge in [-0.3, -0.25) is 9.59 Å². The predicted molar refractivity (Wildman–Crippen MR) is 119 cm³/mol. The summed E-state index contributed by atoms with van der Waals surface area (Å²) in [5.74, 6) is -0.716. The van der Waals surface area contributed by atoms with E-state index in [1.54, 1.807) is 20.8 Å². The second kappa shape index (κ2) is 11.3. The molecule has 0 saturated carbocycles. The molecule has 11 heteroatoms. The van der Waals surface area contributed by atoms with Crippen molar-refractivity contribution in [2.45, 2.75) is 72.1 Å². The van der Waals surface area contributed by atoms with Gasteiger partial charge in [-0.1, -0.05) is 32.4 Å². The minimum Gasteiger partial charge on any atom is -0.467 e. The maximum atomic E-state index is 13.0. The lowest BCUT2D eigenvalue weighted by molar-refractivity contribution is -0.152. The van der Waals surface area contributed by atoms with Gasteiger partial charge in [-0.15, -0.1) is 0 Å². The number of esters is 1. The Balaban J connectivity index is 0.000000533. The molecule has 0 aliphatic carbocycles. The normalized spacial score (nSPS) is 17.0. The zero-order chi connectivity index (χ0) is 24.7. The third kappa shape index (κ3) is 8.86. The minimum atomic E-state index is -0.794. The van der Waals surface area contributed by atoms with Gasteiger partial charge in [0.1, 0.15) is 22.8 Å². The van der Waals surface area contributed by atoms with Crippen LogP contribution in [0.4, 0.5) is 4.79 Å². The zero-order valence-corrected chi connectivity index (χ0v) is 20.4. The standard InChI is InChI=1S/C17H30N2O5.C4H3ClN2O/c1-16(2,3)12(18-15(22)24-17(4,5)6)13(20)19-10-8-9-11(19)14(21)23-7;5-3-1-4(8)7-2-6-3/h11-12H,8-10H2,1-7H3,(H,18,22);1-2H,(H,6,7,8)/t11?,12-;/m1./s1. The van der Waals surface area contributed by atoms with E-state index in [0.29, 0.717) is 13.0 Å². The maximum Gasteiger partial charge on any atom is 0.408 e. The Bertz CT molecular complexity index is 859. The number of ether oxygens (including phenoxy) is 2. The molecule has 1 saturated heterocycles. The Morgan fingerprint density at radius 3 is 2.31 bits per heavy atom. The van der Waals surface area contributed by atoms with Crippen LogP contribution in [-0.4, -0.2) is 64.2 Å². The van der Waals surface area contributed by atoms with E-state index in [2.05, 4.69) is 15.3 Å². The Morgan fingerprint density at radius 2 is 1.88 bits per heavy atom. The number of alkyl carbamates (subject to hydrolysis) is 1. The number of aromatic amines is 1. The highest BCUT2D eigenvalue weighted by Gasteiger charge is 2.42. The van der Waals surface area contributed by atoms with E-state index in [-0.39, 0.29) is 16.6 Å². The molecule has 2 amide bonds. The number of amides is 2. The highest BCUT2D eigenvalue weighted by Crippen LogP contribution is 2.26. The van der Waals surface area contributed by atoms with E-state index in [0.717, 1.165) is 6.42 Å². The van der Waals surface area contributed by atoms with Crippen molar-refractivity contribution < 1.29 is 23.9 Å². The van der Waals surface area contributed by atoms with Crippen molar-refractivity contribution in [3.63, 3.8) is 0 Å². The van der Waals surface area contributed by atoms with Crippen molar-refractivity contribution in [1.82, 2.24) is 20.2 Å². The Labute approximate surface area is 193 Å². The van der Waals surface area contributed by atoms with Gasteiger partial charge >= 0.3 is 12.1 Å². The zero-order valence-electron chi connectivity index (χ0n) is 19.7. The van der Waals surface area contributed by atoms with E-state index in [4.69, 9.17) is 21.1 Å². The Morgan fingerprint density at radius 1 is 1.25 bits per heavy atom. The maximum absolute atomic E-state index is 13.0. The van der Waals surface area contributed by atoms with Gasteiger partial charge in [-0.05, 0) is 39.0 Å². The fraction of sp³-hybridized carbons (Fsp3) is 0.667. The van der Waals surface area contributed by atoms with Crippen LogP contribution < -0.4 is 10.9 Å². The first kappa shape index (κ1) is 27.4. The summed E-state index contributed by atoms with van der Waals surface area (Å²) in [6.07, 6.45) is 1.91. The number of nitrogens with one attached hydrogen (secondary N) is 2. The van der Waals surface area contributed by atoms with Gasteiger partial charge in [0.25, 0.3) is 5.56 Å². The lowest BCUT2D eigenvalue weighted by Crippen LogP contribution is -2.57. The summed E-state index contributed by atoms with van der Waals surface area (Å²) in [4.78, 5) is 54.6. The van der Waals surface area contributed by atoms with Gasteiger partial charge in [0.15, 0.2) is 0 Å². The van der Waals surface area contributed by atoms with Crippen LogP contribution in [-0.2, 0) is 19.1 Å². The Kier molecular flexibility index (Phi) is 9.69. The summed E-state index contributed by atoms with van der Waals surface area (Å²) in [5.41, 5.74) is -1.42. The molecule has 1 aromatic rings. The molecule has 10 nitrogen and oxygen atoms in total. The molecule has 2 N–H and O–H groups in total. The van der Waals surface area contributed by atoms with E-state index in [1.807, 2.05) is 20.8 Å². The fourth-order valence-electron chi connectivity index (χ4n) is 3.00. The summed E-state index contributed by atoms with van der Waals surface area (Å²) in [7, 11) is 1.31. The monoisotopic (exact) mass is 472 g/mol. The first-order valence-electron chi connectivity index (χ1n) is 10.2. The average molecular weight is 473 g/mol. The molecule has 2 rings (SSSR count). The third-order valence-corrected chi connectivity index (χ3v) is 4.63.